The van der Waals surface area contributed by atoms with Crippen LogP contribution in [0, 0.1) is 0 Å². The Morgan fingerprint density at radius 1 is 0.383 bits per heavy atom. The molecule has 7 heteroatoms. The van der Waals surface area contributed by atoms with E-state index in [1.54, 1.807) is 0 Å². The topological polar surface area (TPSA) is 29.0 Å². The van der Waals surface area contributed by atoms with Crippen LogP contribution in [0.15, 0.2) is 128 Å². The van der Waals surface area contributed by atoms with Gasteiger partial charge in [-0.05, 0) is 60.7 Å². The molecule has 220 valence electrons. The lowest BCUT2D eigenvalue weighted by Crippen LogP contribution is -2.09. The summed E-state index contributed by atoms with van der Waals surface area (Å²) in [5.41, 5.74) is 5.57. The van der Waals surface area contributed by atoms with Gasteiger partial charge >= 0.3 is 0 Å². The summed E-state index contributed by atoms with van der Waals surface area (Å²) in [6.07, 6.45) is 4.11. The highest BCUT2D eigenvalue weighted by Gasteiger charge is 2.20. The monoisotopic (exact) mass is 671 g/mol. The van der Waals surface area contributed by atoms with Crippen LogP contribution in [0.4, 0.5) is 17.1 Å². The number of thiophene rings is 4. The third-order valence-electron chi connectivity index (χ3n) is 9.15. The molecule has 0 bridgehead atoms. The van der Waals surface area contributed by atoms with Gasteiger partial charge in [0.25, 0.3) is 0 Å². The third-order valence-corrected chi connectivity index (χ3v) is 13.7. The highest BCUT2D eigenvalue weighted by atomic mass is 32.1. The number of nitrogens with zero attached hydrogens (tertiary/aromatic N) is 3. The molecule has 0 saturated heterocycles. The van der Waals surface area contributed by atoms with Gasteiger partial charge in [0.15, 0.2) is 0 Å². The quantitative estimate of drug-likeness (QED) is 0.187. The van der Waals surface area contributed by atoms with Crippen molar-refractivity contribution in [2.45, 2.75) is 0 Å². The molecule has 0 radical (unpaired) electrons. The van der Waals surface area contributed by atoms with Gasteiger partial charge in [-0.25, -0.2) is 0 Å². The van der Waals surface area contributed by atoms with Gasteiger partial charge in [0.05, 0.1) is 29.8 Å². The molecular weight excluding hydrogens is 651 g/mol. The van der Waals surface area contributed by atoms with Crippen molar-refractivity contribution in [3.63, 3.8) is 0 Å². The minimum atomic E-state index is 1.09. The van der Waals surface area contributed by atoms with Crippen molar-refractivity contribution in [2.75, 3.05) is 4.90 Å². The fourth-order valence-electron chi connectivity index (χ4n) is 7.07. The molecule has 0 aliphatic heterocycles. The maximum atomic E-state index is 4.98. The first-order valence-corrected chi connectivity index (χ1v) is 18.7. The van der Waals surface area contributed by atoms with Crippen LogP contribution in [0.2, 0.25) is 0 Å². The first-order valence-electron chi connectivity index (χ1n) is 15.4. The molecule has 11 aromatic rings. The first-order chi connectivity index (χ1) is 23.3. The van der Waals surface area contributed by atoms with Crippen LogP contribution >= 0.6 is 45.3 Å². The van der Waals surface area contributed by atoms with Crippen LogP contribution < -0.4 is 4.90 Å². The number of pyridine rings is 2. The molecular formula is C40H21N3S4. The first kappa shape index (κ1) is 26.2. The van der Waals surface area contributed by atoms with E-state index in [-0.39, 0.29) is 0 Å². The number of para-hydroxylation sites is 1. The average molecular weight is 672 g/mol. The Morgan fingerprint density at radius 2 is 0.872 bits per heavy atom. The summed E-state index contributed by atoms with van der Waals surface area (Å²) in [6.45, 7) is 0. The van der Waals surface area contributed by atoms with Gasteiger partial charge in [-0.15, -0.1) is 45.3 Å². The van der Waals surface area contributed by atoms with Gasteiger partial charge < -0.3 is 4.90 Å². The predicted octanol–water partition coefficient (Wildman–Crippen LogP) is 13.4. The Hall–Kier alpha value is -4.92. The van der Waals surface area contributed by atoms with Gasteiger partial charge in [-0.2, -0.15) is 0 Å². The standard InChI is InChI=1S/C40H21N3S4/c1-2-8-22(9-3-1)43(23-14-16-27-31(18-23)46-39-35-25-10-4-6-12-29(25)44-33(35)20-41-37(27)39)24-15-17-28-32(19-24)47-40-36-26-11-5-7-13-30(26)45-34(36)21-42-38(28)40/h1-21H. The summed E-state index contributed by atoms with van der Waals surface area (Å²) in [5.74, 6) is 0. The van der Waals surface area contributed by atoms with E-state index >= 15 is 0 Å². The number of hydrogen-bond acceptors (Lipinski definition) is 7. The van der Waals surface area contributed by atoms with Crippen molar-refractivity contribution in [3.05, 3.63) is 128 Å². The Morgan fingerprint density at radius 3 is 1.40 bits per heavy atom. The largest absolute Gasteiger partial charge is 0.310 e. The van der Waals surface area contributed by atoms with Crippen molar-refractivity contribution >= 4 is 143 Å². The second kappa shape index (κ2) is 9.80. The molecule has 6 aromatic heterocycles. The molecule has 5 aromatic carbocycles. The molecule has 0 unspecified atom stereocenters. The van der Waals surface area contributed by atoms with E-state index in [2.05, 4.69) is 133 Å². The Labute approximate surface area is 284 Å². The number of rotatable bonds is 3. The van der Waals surface area contributed by atoms with Crippen molar-refractivity contribution in [1.82, 2.24) is 9.97 Å². The molecule has 3 nitrogen and oxygen atoms in total. The van der Waals surface area contributed by atoms with Crippen molar-refractivity contribution < 1.29 is 0 Å². The number of benzene rings is 5. The van der Waals surface area contributed by atoms with Gasteiger partial charge in [0.2, 0.25) is 0 Å². The van der Waals surface area contributed by atoms with E-state index in [9.17, 15) is 0 Å². The van der Waals surface area contributed by atoms with Crippen LogP contribution in [0.3, 0.4) is 0 Å². The summed E-state index contributed by atoms with van der Waals surface area (Å²) in [4.78, 5) is 12.3. The Balaban J connectivity index is 1.12. The minimum absolute atomic E-state index is 1.09. The molecule has 0 amide bonds. The van der Waals surface area contributed by atoms with Crippen LogP contribution in [0.25, 0.3) is 81.0 Å². The lowest BCUT2D eigenvalue weighted by atomic mass is 10.1. The number of aromatic nitrogens is 2. The summed E-state index contributed by atoms with van der Waals surface area (Å²) >= 11 is 7.36. The lowest BCUT2D eigenvalue weighted by molar-refractivity contribution is 1.30. The van der Waals surface area contributed by atoms with E-state index in [1.807, 2.05) is 45.3 Å². The van der Waals surface area contributed by atoms with Gasteiger partial charge in [0.1, 0.15) is 0 Å². The van der Waals surface area contributed by atoms with Crippen molar-refractivity contribution in [3.8, 4) is 0 Å². The fourth-order valence-corrected chi connectivity index (χ4v) is 11.9. The zero-order valence-electron chi connectivity index (χ0n) is 24.6. The van der Waals surface area contributed by atoms with E-state index in [4.69, 9.17) is 9.97 Å². The van der Waals surface area contributed by atoms with Gasteiger partial charge in [-0.3, -0.25) is 9.97 Å². The van der Waals surface area contributed by atoms with Crippen LogP contribution in [0.5, 0.6) is 0 Å². The number of anilines is 3. The molecule has 47 heavy (non-hydrogen) atoms. The van der Waals surface area contributed by atoms with Crippen molar-refractivity contribution in [2.24, 2.45) is 0 Å². The van der Waals surface area contributed by atoms with Crippen LogP contribution in [0.1, 0.15) is 0 Å². The Bertz CT molecular complexity index is 2850. The molecule has 11 rings (SSSR count). The third kappa shape index (κ3) is 3.77. The predicted molar refractivity (Wildman–Crippen MR) is 208 cm³/mol. The molecule has 6 heterocycles. The molecule has 0 N–H and O–H groups in total. The summed E-state index contributed by atoms with van der Waals surface area (Å²) < 4.78 is 10.1. The molecule has 0 spiro atoms. The Kier molecular flexibility index (Phi) is 5.46. The number of hydrogen-bond donors (Lipinski definition) is 0. The maximum Gasteiger partial charge on any atom is 0.0895 e. The average Bonchev–Trinajstić information content (AvgIpc) is 3.87. The lowest BCUT2D eigenvalue weighted by Gasteiger charge is -2.25. The molecule has 0 aliphatic carbocycles. The van der Waals surface area contributed by atoms with E-state index < -0.39 is 0 Å². The second-order valence-electron chi connectivity index (χ2n) is 11.8. The zero-order chi connectivity index (χ0) is 30.6. The molecule has 0 aliphatic rings. The molecule has 0 atom stereocenters. The normalized spacial score (nSPS) is 12.3. The second-order valence-corrected chi connectivity index (χ2v) is 16.1. The van der Waals surface area contributed by atoms with E-state index in [1.165, 1.54) is 69.9 Å². The highest BCUT2D eigenvalue weighted by molar-refractivity contribution is 7.30. The summed E-state index contributed by atoms with van der Waals surface area (Å²) in [7, 11) is 0. The minimum Gasteiger partial charge on any atom is -0.310 e. The summed E-state index contributed by atoms with van der Waals surface area (Å²) in [5, 5.41) is 7.70. The van der Waals surface area contributed by atoms with Gasteiger partial charge in [0, 0.05) is 80.6 Å². The number of fused-ring (bicyclic) bond motifs is 14. The van der Waals surface area contributed by atoms with Crippen LogP contribution in [-0.4, -0.2) is 9.97 Å². The smallest absolute Gasteiger partial charge is 0.0895 e. The molecule has 0 fully saturated rings. The van der Waals surface area contributed by atoms with E-state index in [0.717, 1.165) is 28.1 Å². The highest BCUT2D eigenvalue weighted by Crippen LogP contribution is 2.47. The van der Waals surface area contributed by atoms with Gasteiger partial charge in [-0.1, -0.05) is 54.6 Å². The van der Waals surface area contributed by atoms with E-state index in [0.29, 0.717) is 0 Å². The zero-order valence-corrected chi connectivity index (χ0v) is 27.9. The maximum absolute atomic E-state index is 4.98. The van der Waals surface area contributed by atoms with Crippen molar-refractivity contribution in [1.29, 1.82) is 0 Å². The molecule has 0 saturated carbocycles. The SMILES string of the molecule is c1ccc(N(c2ccc3c(c2)sc2c3ncc3sc4ccccc4c32)c2ccc3c(c2)sc2c3ncc3sc4ccccc4c32)cc1. The summed E-state index contributed by atoms with van der Waals surface area (Å²) in [6, 6.07) is 41.8. The van der Waals surface area contributed by atoms with Crippen LogP contribution in [-0.2, 0) is 0 Å². The fraction of sp³-hybridized carbons (Fsp3) is 0.